The van der Waals surface area contributed by atoms with Crippen LogP contribution in [-0.4, -0.2) is 15.8 Å². The van der Waals surface area contributed by atoms with Gasteiger partial charge in [0.1, 0.15) is 5.82 Å². The molecule has 2 aromatic rings. The van der Waals surface area contributed by atoms with Crippen LogP contribution in [0.5, 0.6) is 0 Å². The van der Waals surface area contributed by atoms with Crippen LogP contribution in [0.4, 0.5) is 4.39 Å². The normalized spacial score (nSPS) is 14.8. The van der Waals surface area contributed by atoms with Crippen LogP contribution in [0, 0.1) is 12.7 Å². The van der Waals surface area contributed by atoms with Gasteiger partial charge >= 0.3 is 0 Å². The lowest BCUT2D eigenvalue weighted by Gasteiger charge is -2.07. The maximum Gasteiger partial charge on any atom is 0.137 e. The predicted octanol–water partition coefficient (Wildman–Crippen LogP) is 3.27. The molecule has 5 heteroatoms. The van der Waals surface area contributed by atoms with Gasteiger partial charge in [-0.25, -0.2) is 4.39 Å². The molecule has 1 aliphatic carbocycles. The highest BCUT2D eigenvalue weighted by atomic mass is 32.2. The lowest BCUT2D eigenvalue weighted by atomic mass is 10.2. The van der Waals surface area contributed by atoms with Gasteiger partial charge in [0.2, 0.25) is 0 Å². The van der Waals surface area contributed by atoms with E-state index in [1.54, 1.807) is 10.7 Å². The summed E-state index contributed by atoms with van der Waals surface area (Å²) in [6, 6.07) is 8.08. The molecule has 0 spiro atoms. The van der Waals surface area contributed by atoms with Gasteiger partial charge in [-0.2, -0.15) is 5.10 Å². The molecule has 1 aromatic carbocycles. The third-order valence-corrected chi connectivity index (χ3v) is 4.48. The molecular weight excluding hydrogens is 273 g/mol. The van der Waals surface area contributed by atoms with Crippen molar-refractivity contribution in [2.45, 2.75) is 42.3 Å². The van der Waals surface area contributed by atoms with E-state index in [9.17, 15) is 4.39 Å². The van der Waals surface area contributed by atoms with E-state index in [1.807, 2.05) is 32.2 Å². The van der Waals surface area contributed by atoms with Crippen molar-refractivity contribution < 1.29 is 4.39 Å². The van der Waals surface area contributed by atoms with Gasteiger partial charge < -0.3 is 5.32 Å². The third-order valence-electron chi connectivity index (χ3n) is 3.34. The smallest absolute Gasteiger partial charge is 0.137 e. The molecule has 1 N–H and O–H groups in total. The zero-order valence-electron chi connectivity index (χ0n) is 11.7. The summed E-state index contributed by atoms with van der Waals surface area (Å²) in [4.78, 5) is 0.642. The van der Waals surface area contributed by atoms with E-state index >= 15 is 0 Å². The number of hydrogen-bond donors (Lipinski definition) is 1. The van der Waals surface area contributed by atoms with Crippen molar-refractivity contribution in [1.82, 2.24) is 15.1 Å². The first-order valence-corrected chi connectivity index (χ1v) is 7.64. The first kappa shape index (κ1) is 13.6. The molecular formula is C15H18FN3S. The number of hydrogen-bond acceptors (Lipinski definition) is 3. The maximum absolute atomic E-state index is 14.1. The Morgan fingerprint density at radius 1 is 1.40 bits per heavy atom. The van der Waals surface area contributed by atoms with Crippen LogP contribution < -0.4 is 5.32 Å². The zero-order chi connectivity index (χ0) is 14.1. The van der Waals surface area contributed by atoms with Gasteiger partial charge in [0.15, 0.2) is 0 Å². The Balaban J connectivity index is 1.71. The second-order valence-corrected chi connectivity index (χ2v) is 6.33. The summed E-state index contributed by atoms with van der Waals surface area (Å²) < 4.78 is 15.9. The highest BCUT2D eigenvalue weighted by Crippen LogP contribution is 2.30. The third kappa shape index (κ3) is 3.22. The number of nitrogens with one attached hydrogen (secondary N) is 1. The van der Waals surface area contributed by atoms with Gasteiger partial charge in [-0.3, -0.25) is 4.68 Å². The molecule has 1 aromatic heterocycles. The summed E-state index contributed by atoms with van der Waals surface area (Å²) in [6.45, 7) is 2.68. The van der Waals surface area contributed by atoms with E-state index in [1.165, 1.54) is 24.6 Å². The van der Waals surface area contributed by atoms with E-state index in [0.29, 0.717) is 10.9 Å². The highest BCUT2D eigenvalue weighted by Gasteiger charge is 2.20. The Kier molecular flexibility index (Phi) is 3.81. The predicted molar refractivity (Wildman–Crippen MR) is 78.3 cm³/mol. The number of aromatic nitrogens is 2. The monoisotopic (exact) mass is 291 g/mol. The molecule has 20 heavy (non-hydrogen) atoms. The van der Waals surface area contributed by atoms with E-state index < -0.39 is 0 Å². The van der Waals surface area contributed by atoms with Crippen LogP contribution in [-0.2, 0) is 13.6 Å². The van der Waals surface area contributed by atoms with E-state index in [2.05, 4.69) is 10.4 Å². The minimum Gasteiger partial charge on any atom is -0.310 e. The molecule has 0 aliphatic heterocycles. The minimum atomic E-state index is -0.163. The molecule has 1 aliphatic rings. The van der Waals surface area contributed by atoms with Gasteiger partial charge in [0.05, 0.1) is 10.7 Å². The summed E-state index contributed by atoms with van der Waals surface area (Å²) in [5, 5.41) is 8.62. The van der Waals surface area contributed by atoms with Crippen LogP contribution in [0.15, 0.2) is 34.2 Å². The van der Waals surface area contributed by atoms with E-state index in [0.717, 1.165) is 22.8 Å². The van der Waals surface area contributed by atoms with Crippen molar-refractivity contribution in [2.75, 3.05) is 0 Å². The number of rotatable bonds is 5. The summed E-state index contributed by atoms with van der Waals surface area (Å²) in [7, 11) is 1.88. The summed E-state index contributed by atoms with van der Waals surface area (Å²) in [5.41, 5.74) is 1.94. The second kappa shape index (κ2) is 5.58. The van der Waals surface area contributed by atoms with Crippen molar-refractivity contribution in [1.29, 1.82) is 0 Å². The van der Waals surface area contributed by atoms with Crippen molar-refractivity contribution in [2.24, 2.45) is 7.05 Å². The number of halogens is 1. The molecule has 1 fully saturated rings. The lowest BCUT2D eigenvalue weighted by Crippen LogP contribution is -2.15. The van der Waals surface area contributed by atoms with E-state index in [-0.39, 0.29) is 5.82 Å². The first-order valence-electron chi connectivity index (χ1n) is 6.82. The van der Waals surface area contributed by atoms with Gasteiger partial charge in [-0.05, 0) is 43.5 Å². The Morgan fingerprint density at radius 2 is 2.20 bits per heavy atom. The van der Waals surface area contributed by atoms with Gasteiger partial charge in [0, 0.05) is 24.5 Å². The van der Waals surface area contributed by atoms with Crippen molar-refractivity contribution in [3.63, 3.8) is 0 Å². The van der Waals surface area contributed by atoms with Crippen LogP contribution in [0.3, 0.4) is 0 Å². The van der Waals surface area contributed by atoms with Crippen molar-refractivity contribution in [3.8, 4) is 0 Å². The lowest BCUT2D eigenvalue weighted by molar-refractivity contribution is 0.594. The van der Waals surface area contributed by atoms with Crippen LogP contribution in [0.25, 0.3) is 0 Å². The standard InChI is InChI=1S/C15H18FN3S/c1-10-7-15(19(2)18-10)20-14-6-3-11(8-13(14)16)9-17-12-4-5-12/h3,6-8,12,17H,4-5,9H2,1-2H3. The molecule has 3 nitrogen and oxygen atoms in total. The molecule has 0 unspecified atom stereocenters. The molecule has 0 bridgehead atoms. The largest absolute Gasteiger partial charge is 0.310 e. The molecule has 1 heterocycles. The molecule has 0 amide bonds. The number of benzene rings is 1. The zero-order valence-corrected chi connectivity index (χ0v) is 12.5. The molecule has 0 radical (unpaired) electrons. The highest BCUT2D eigenvalue weighted by molar-refractivity contribution is 7.99. The molecule has 1 saturated carbocycles. The van der Waals surface area contributed by atoms with Crippen LogP contribution >= 0.6 is 11.8 Å². The SMILES string of the molecule is Cc1cc(Sc2ccc(CNC3CC3)cc2F)n(C)n1. The fourth-order valence-corrected chi connectivity index (χ4v) is 3.00. The fraction of sp³-hybridized carbons (Fsp3) is 0.400. The Hall–Kier alpha value is -1.33. The van der Waals surface area contributed by atoms with Crippen molar-refractivity contribution in [3.05, 3.63) is 41.3 Å². The van der Waals surface area contributed by atoms with E-state index in [4.69, 9.17) is 0 Å². The Morgan fingerprint density at radius 3 is 2.80 bits per heavy atom. The maximum atomic E-state index is 14.1. The average molecular weight is 291 g/mol. The van der Waals surface area contributed by atoms with Crippen LogP contribution in [0.2, 0.25) is 0 Å². The Bertz CT molecular complexity index is 620. The first-order chi connectivity index (χ1) is 9.61. The van der Waals surface area contributed by atoms with Gasteiger partial charge in [-0.1, -0.05) is 17.8 Å². The Labute approximate surface area is 122 Å². The molecule has 0 saturated heterocycles. The molecule has 106 valence electrons. The van der Waals surface area contributed by atoms with Crippen molar-refractivity contribution >= 4 is 11.8 Å². The second-order valence-electron chi connectivity index (χ2n) is 5.27. The summed E-state index contributed by atoms with van der Waals surface area (Å²) in [5.74, 6) is -0.163. The summed E-state index contributed by atoms with van der Waals surface area (Å²) >= 11 is 1.41. The molecule has 3 rings (SSSR count). The number of aryl methyl sites for hydroxylation is 2. The fourth-order valence-electron chi connectivity index (χ4n) is 2.08. The topological polar surface area (TPSA) is 29.9 Å². The quantitative estimate of drug-likeness (QED) is 0.917. The van der Waals surface area contributed by atoms with Crippen LogP contribution in [0.1, 0.15) is 24.1 Å². The minimum absolute atomic E-state index is 0.163. The van der Waals surface area contributed by atoms with Gasteiger partial charge in [0.25, 0.3) is 0 Å². The molecule has 0 atom stereocenters. The number of nitrogens with zero attached hydrogens (tertiary/aromatic N) is 2. The van der Waals surface area contributed by atoms with Gasteiger partial charge in [-0.15, -0.1) is 0 Å². The average Bonchev–Trinajstić information content (AvgIpc) is 3.17. The summed E-state index contributed by atoms with van der Waals surface area (Å²) in [6.07, 6.45) is 2.49.